The number of hydrogen-bond donors (Lipinski definition) is 2. The highest BCUT2D eigenvalue weighted by atomic mass is 16.4. The highest BCUT2D eigenvalue weighted by Crippen LogP contribution is 2.20. The van der Waals surface area contributed by atoms with Crippen LogP contribution in [0.25, 0.3) is 6.08 Å². The lowest BCUT2D eigenvalue weighted by atomic mass is 10.1. The van der Waals surface area contributed by atoms with Crippen molar-refractivity contribution in [1.29, 1.82) is 0 Å². The molecule has 0 spiro atoms. The predicted molar refractivity (Wildman–Crippen MR) is 76.9 cm³/mol. The number of likely N-dealkylation sites (tertiary alicyclic amines) is 1. The number of nitrogens with two attached hydrogens (primary N) is 1. The second-order valence-corrected chi connectivity index (χ2v) is 4.93. The van der Waals surface area contributed by atoms with Gasteiger partial charge in [-0.2, -0.15) is 0 Å². The summed E-state index contributed by atoms with van der Waals surface area (Å²) in [5.74, 6) is -1.01. The van der Waals surface area contributed by atoms with E-state index in [1.807, 2.05) is 12.1 Å². The Balaban J connectivity index is 2.02. The van der Waals surface area contributed by atoms with E-state index in [0.717, 1.165) is 18.4 Å². The predicted octanol–water partition coefficient (Wildman–Crippen LogP) is 1.75. The molecule has 5 heteroatoms. The van der Waals surface area contributed by atoms with E-state index in [1.165, 1.54) is 6.08 Å². The van der Waals surface area contributed by atoms with Crippen molar-refractivity contribution in [1.82, 2.24) is 4.90 Å². The first-order valence-corrected chi connectivity index (χ1v) is 6.62. The number of carboxylic acids is 1. The van der Waals surface area contributed by atoms with Crippen molar-refractivity contribution >= 4 is 23.6 Å². The van der Waals surface area contributed by atoms with Gasteiger partial charge in [0.2, 0.25) is 5.91 Å². The van der Waals surface area contributed by atoms with Gasteiger partial charge in [-0.1, -0.05) is 12.1 Å². The van der Waals surface area contributed by atoms with Crippen LogP contribution in [-0.2, 0) is 9.59 Å². The van der Waals surface area contributed by atoms with Gasteiger partial charge in [-0.25, -0.2) is 0 Å². The highest BCUT2D eigenvalue weighted by molar-refractivity contribution is 5.92. The number of rotatable bonds is 4. The maximum absolute atomic E-state index is 12.1. The van der Waals surface area contributed by atoms with Crippen LogP contribution >= 0.6 is 0 Å². The van der Waals surface area contributed by atoms with E-state index in [-0.39, 0.29) is 18.4 Å². The largest absolute Gasteiger partial charge is 0.481 e. The molecule has 1 fully saturated rings. The fourth-order valence-electron chi connectivity index (χ4n) is 2.47. The van der Waals surface area contributed by atoms with Crippen LogP contribution in [0.1, 0.15) is 24.8 Å². The Bertz CT molecular complexity index is 540. The van der Waals surface area contributed by atoms with Gasteiger partial charge in [0.15, 0.2) is 0 Å². The minimum Gasteiger partial charge on any atom is -0.481 e. The van der Waals surface area contributed by atoms with Gasteiger partial charge in [-0.3, -0.25) is 9.59 Å². The Morgan fingerprint density at radius 1 is 1.45 bits per heavy atom. The molecule has 1 aliphatic rings. The molecule has 0 radical (unpaired) electrons. The summed E-state index contributed by atoms with van der Waals surface area (Å²) in [6, 6.07) is 7.05. The third-order valence-electron chi connectivity index (χ3n) is 3.40. The number of carboxylic acid groups (broad SMARTS) is 1. The van der Waals surface area contributed by atoms with Crippen LogP contribution in [-0.4, -0.2) is 34.5 Å². The topological polar surface area (TPSA) is 83.6 Å². The fourth-order valence-corrected chi connectivity index (χ4v) is 2.47. The molecule has 1 aromatic carbocycles. The molecule has 20 heavy (non-hydrogen) atoms. The van der Waals surface area contributed by atoms with Gasteiger partial charge in [-0.05, 0) is 36.6 Å². The van der Waals surface area contributed by atoms with Gasteiger partial charge >= 0.3 is 5.97 Å². The molecular weight excluding hydrogens is 256 g/mol. The molecule has 0 aliphatic carbocycles. The average Bonchev–Trinajstić information content (AvgIpc) is 2.83. The first-order valence-electron chi connectivity index (χ1n) is 6.62. The van der Waals surface area contributed by atoms with Crippen LogP contribution in [0.3, 0.4) is 0 Å². The zero-order chi connectivity index (χ0) is 14.5. The molecular formula is C15H18N2O3. The monoisotopic (exact) mass is 274 g/mol. The number of nitrogens with zero attached hydrogens (tertiary/aromatic N) is 1. The minimum atomic E-state index is -0.866. The first-order chi connectivity index (χ1) is 9.56. The zero-order valence-corrected chi connectivity index (χ0v) is 11.2. The molecule has 1 heterocycles. The van der Waals surface area contributed by atoms with Crippen molar-refractivity contribution in [3.05, 3.63) is 35.9 Å². The van der Waals surface area contributed by atoms with Gasteiger partial charge < -0.3 is 15.7 Å². The summed E-state index contributed by atoms with van der Waals surface area (Å²) in [4.78, 5) is 24.5. The molecule has 0 bridgehead atoms. The molecule has 1 atom stereocenters. The van der Waals surface area contributed by atoms with Crippen LogP contribution in [0.2, 0.25) is 0 Å². The maximum atomic E-state index is 12.1. The lowest BCUT2D eigenvalue weighted by molar-refractivity contribution is -0.139. The Hall–Kier alpha value is -2.30. The molecule has 1 aliphatic heterocycles. The Kier molecular flexibility index (Phi) is 4.40. The third-order valence-corrected chi connectivity index (χ3v) is 3.40. The Morgan fingerprint density at radius 2 is 2.25 bits per heavy atom. The Morgan fingerprint density at radius 3 is 2.95 bits per heavy atom. The number of anilines is 1. The number of benzene rings is 1. The summed E-state index contributed by atoms with van der Waals surface area (Å²) in [5, 5.41) is 8.84. The average molecular weight is 274 g/mol. The molecule has 1 saturated heterocycles. The second-order valence-electron chi connectivity index (χ2n) is 4.93. The van der Waals surface area contributed by atoms with E-state index in [2.05, 4.69) is 0 Å². The zero-order valence-electron chi connectivity index (χ0n) is 11.2. The van der Waals surface area contributed by atoms with Gasteiger partial charge in [0.25, 0.3) is 0 Å². The quantitative estimate of drug-likeness (QED) is 0.647. The number of hydrogen-bond acceptors (Lipinski definition) is 3. The number of nitrogen functional groups attached to an aromatic ring is 1. The van der Waals surface area contributed by atoms with Crippen LogP contribution < -0.4 is 5.73 Å². The second kappa shape index (κ2) is 6.23. The highest BCUT2D eigenvalue weighted by Gasteiger charge is 2.28. The van der Waals surface area contributed by atoms with E-state index in [1.54, 1.807) is 23.1 Å². The van der Waals surface area contributed by atoms with Crippen LogP contribution in [0.15, 0.2) is 30.3 Å². The van der Waals surface area contributed by atoms with Crippen molar-refractivity contribution in [2.75, 3.05) is 12.3 Å². The molecule has 1 unspecified atom stereocenters. The lowest BCUT2D eigenvalue weighted by Crippen LogP contribution is -2.35. The lowest BCUT2D eigenvalue weighted by Gasteiger charge is -2.21. The smallest absolute Gasteiger partial charge is 0.305 e. The van der Waals surface area contributed by atoms with Crippen molar-refractivity contribution in [2.45, 2.75) is 25.3 Å². The molecule has 106 valence electrons. The van der Waals surface area contributed by atoms with E-state index in [0.29, 0.717) is 12.2 Å². The Labute approximate surface area is 117 Å². The van der Waals surface area contributed by atoms with Crippen molar-refractivity contribution in [3.8, 4) is 0 Å². The minimum absolute atomic E-state index is 0.0118. The molecule has 0 aromatic heterocycles. The van der Waals surface area contributed by atoms with E-state index < -0.39 is 5.97 Å². The van der Waals surface area contributed by atoms with Crippen molar-refractivity contribution < 1.29 is 14.7 Å². The molecule has 3 N–H and O–H groups in total. The number of aliphatic carboxylic acids is 1. The van der Waals surface area contributed by atoms with Crippen LogP contribution in [0.4, 0.5) is 5.69 Å². The van der Waals surface area contributed by atoms with Gasteiger partial charge in [0.05, 0.1) is 6.42 Å². The summed E-state index contributed by atoms with van der Waals surface area (Å²) >= 11 is 0. The standard InChI is InChI=1S/C15H18N2O3/c16-12-4-1-3-11(9-12)6-7-14(18)17-8-2-5-13(17)10-15(19)20/h1,3-4,6-7,9,13H,2,5,8,10,16H2,(H,19,20)/b7-6+. The summed E-state index contributed by atoms with van der Waals surface area (Å²) in [7, 11) is 0. The summed E-state index contributed by atoms with van der Waals surface area (Å²) < 4.78 is 0. The van der Waals surface area contributed by atoms with E-state index in [9.17, 15) is 9.59 Å². The number of amides is 1. The van der Waals surface area contributed by atoms with Gasteiger partial charge in [0, 0.05) is 24.4 Å². The molecule has 0 saturated carbocycles. The van der Waals surface area contributed by atoms with Crippen LogP contribution in [0, 0.1) is 0 Å². The van der Waals surface area contributed by atoms with E-state index in [4.69, 9.17) is 10.8 Å². The SMILES string of the molecule is Nc1cccc(/C=C/C(=O)N2CCCC2CC(=O)O)c1. The molecule has 1 amide bonds. The molecule has 5 nitrogen and oxygen atoms in total. The first kappa shape index (κ1) is 14.1. The third kappa shape index (κ3) is 3.60. The summed E-state index contributed by atoms with van der Waals surface area (Å²) in [6.45, 7) is 0.623. The summed E-state index contributed by atoms with van der Waals surface area (Å²) in [6.07, 6.45) is 4.81. The normalized spacial score (nSPS) is 18.6. The number of carbonyl (C=O) groups is 2. The fraction of sp³-hybridized carbons (Fsp3) is 0.333. The maximum Gasteiger partial charge on any atom is 0.305 e. The van der Waals surface area contributed by atoms with Crippen molar-refractivity contribution in [3.63, 3.8) is 0 Å². The molecule has 2 rings (SSSR count). The summed E-state index contributed by atoms with van der Waals surface area (Å²) in [5.41, 5.74) is 7.17. The van der Waals surface area contributed by atoms with E-state index >= 15 is 0 Å². The number of carbonyl (C=O) groups excluding carboxylic acids is 1. The van der Waals surface area contributed by atoms with Gasteiger partial charge in [0.1, 0.15) is 0 Å². The van der Waals surface area contributed by atoms with Crippen LogP contribution in [0.5, 0.6) is 0 Å². The van der Waals surface area contributed by atoms with Crippen molar-refractivity contribution in [2.24, 2.45) is 0 Å². The van der Waals surface area contributed by atoms with Gasteiger partial charge in [-0.15, -0.1) is 0 Å². The molecule has 1 aromatic rings.